The molecule has 0 spiro atoms. The fourth-order valence-corrected chi connectivity index (χ4v) is 3.18. The van der Waals surface area contributed by atoms with Gasteiger partial charge in [0.15, 0.2) is 11.7 Å². The Bertz CT molecular complexity index is 871. The number of nitrogens with zero attached hydrogens (tertiary/aromatic N) is 4. The number of hydrogen-bond acceptors (Lipinski definition) is 6. The lowest BCUT2D eigenvalue weighted by Gasteiger charge is -2.32. The van der Waals surface area contributed by atoms with Gasteiger partial charge in [-0.1, -0.05) is 32.4 Å². The summed E-state index contributed by atoms with van der Waals surface area (Å²) in [5.41, 5.74) is 1.84. The molecule has 0 aliphatic carbocycles. The molecule has 1 N–H and O–H groups in total. The molecule has 0 radical (unpaired) electrons. The van der Waals surface area contributed by atoms with E-state index in [2.05, 4.69) is 23.0 Å². The molecule has 7 nitrogen and oxygen atoms in total. The van der Waals surface area contributed by atoms with Gasteiger partial charge in [0.05, 0.1) is 56.9 Å². The minimum atomic E-state index is -1.08. The Balaban J connectivity index is 1.97. The van der Waals surface area contributed by atoms with E-state index < -0.39 is 11.9 Å². The van der Waals surface area contributed by atoms with Gasteiger partial charge in [-0.15, -0.1) is 0 Å². The summed E-state index contributed by atoms with van der Waals surface area (Å²) in [6.45, 7) is 7.94. The van der Waals surface area contributed by atoms with Crippen molar-refractivity contribution in [1.29, 1.82) is 5.26 Å². The van der Waals surface area contributed by atoms with E-state index >= 15 is 0 Å². The molecule has 0 bridgehead atoms. The predicted molar refractivity (Wildman–Crippen MR) is 107 cm³/mol. The molecule has 0 saturated carbocycles. The molecule has 3 rings (SSSR count). The lowest BCUT2D eigenvalue weighted by Crippen LogP contribution is -3.12. The highest BCUT2D eigenvalue weighted by molar-refractivity contribution is 5.85. The molecule has 7 heteroatoms. The summed E-state index contributed by atoms with van der Waals surface area (Å²) in [6, 6.07) is 9.65. The summed E-state index contributed by atoms with van der Waals surface area (Å²) in [6.07, 6.45) is 0.912. The van der Waals surface area contributed by atoms with Crippen LogP contribution in [0.25, 0.3) is 11.0 Å². The Hall–Kier alpha value is -2.72. The van der Waals surface area contributed by atoms with Crippen LogP contribution in [0.2, 0.25) is 0 Å². The number of anilines is 1. The fourth-order valence-electron chi connectivity index (χ4n) is 3.18. The van der Waals surface area contributed by atoms with Crippen LogP contribution in [0.4, 0.5) is 5.82 Å². The number of nitriles is 1. The van der Waals surface area contributed by atoms with Crippen molar-refractivity contribution in [3.8, 4) is 6.07 Å². The van der Waals surface area contributed by atoms with Gasteiger partial charge in [-0.25, -0.2) is 9.97 Å². The smallest absolute Gasteiger partial charge is 0.329 e. The van der Waals surface area contributed by atoms with Crippen molar-refractivity contribution in [3.05, 3.63) is 30.0 Å². The summed E-state index contributed by atoms with van der Waals surface area (Å²) < 4.78 is 5.42. The first kappa shape index (κ1) is 20.0. The first-order valence-corrected chi connectivity index (χ1v) is 9.92. The maximum absolute atomic E-state index is 12.7. The highest BCUT2D eigenvalue weighted by atomic mass is 16.5. The molecule has 2 aromatic rings. The molecule has 2 heterocycles. The van der Waals surface area contributed by atoms with Crippen LogP contribution in [0.5, 0.6) is 0 Å². The number of carbonyl (C=O) groups excluding carboxylic acids is 1. The van der Waals surface area contributed by atoms with Crippen LogP contribution < -0.4 is 9.80 Å². The normalized spacial score (nSPS) is 17.1. The SMILES string of the molecule is CC[C@H](C)COC(=O)[C@H](C#N)c1nc2ccccc2nc1N1CC[NH+](C)CC1. The van der Waals surface area contributed by atoms with Gasteiger partial charge in [0, 0.05) is 0 Å². The molecule has 1 fully saturated rings. The van der Waals surface area contributed by atoms with E-state index in [1.807, 2.05) is 38.1 Å². The number of benzene rings is 1. The second-order valence-electron chi connectivity index (χ2n) is 7.57. The quantitative estimate of drug-likeness (QED) is 0.755. The first-order valence-electron chi connectivity index (χ1n) is 9.92. The Morgan fingerprint density at radius 1 is 1.29 bits per heavy atom. The van der Waals surface area contributed by atoms with Gasteiger partial charge in [-0.3, -0.25) is 4.79 Å². The standard InChI is InChI=1S/C21H27N5O2/c1-4-15(2)14-28-21(27)16(13-22)19-20(26-11-9-25(3)10-12-26)24-18-8-6-5-7-17(18)23-19/h5-8,15-16H,4,9-12,14H2,1-3H3/p+1/t15-,16+/m0/s1. The molecule has 1 aromatic heterocycles. The monoisotopic (exact) mass is 382 g/mol. The number of piperazine rings is 1. The van der Waals surface area contributed by atoms with Crippen LogP contribution in [0, 0.1) is 17.2 Å². The molecule has 0 amide bonds. The summed E-state index contributed by atoms with van der Waals surface area (Å²) >= 11 is 0. The maximum atomic E-state index is 12.7. The van der Waals surface area contributed by atoms with Crippen LogP contribution in [-0.2, 0) is 9.53 Å². The third kappa shape index (κ3) is 4.39. The minimum Gasteiger partial charge on any atom is -0.464 e. The van der Waals surface area contributed by atoms with Crippen LogP contribution in [0.15, 0.2) is 24.3 Å². The lowest BCUT2D eigenvalue weighted by molar-refractivity contribution is -0.880. The largest absolute Gasteiger partial charge is 0.464 e. The molecule has 2 atom stereocenters. The number of hydrogen-bond donors (Lipinski definition) is 1. The number of fused-ring (bicyclic) bond motifs is 1. The molecule has 148 valence electrons. The van der Waals surface area contributed by atoms with Crippen molar-refractivity contribution in [2.75, 3.05) is 44.7 Å². The minimum absolute atomic E-state index is 0.256. The van der Waals surface area contributed by atoms with Crippen LogP contribution in [-0.4, -0.2) is 55.8 Å². The average Bonchev–Trinajstić information content (AvgIpc) is 2.72. The number of rotatable bonds is 6. The number of para-hydroxylation sites is 2. The van der Waals surface area contributed by atoms with E-state index in [1.54, 1.807) is 0 Å². The van der Waals surface area contributed by atoms with Gasteiger partial charge in [-0.2, -0.15) is 5.26 Å². The zero-order valence-corrected chi connectivity index (χ0v) is 16.8. The molecule has 1 aliphatic heterocycles. The zero-order chi connectivity index (χ0) is 20.1. The summed E-state index contributed by atoms with van der Waals surface area (Å²) in [5.74, 6) is -0.749. The predicted octanol–water partition coefficient (Wildman–Crippen LogP) is 1.16. The highest BCUT2D eigenvalue weighted by Gasteiger charge is 2.31. The Morgan fingerprint density at radius 2 is 1.93 bits per heavy atom. The number of aromatic nitrogens is 2. The summed E-state index contributed by atoms with van der Waals surface area (Å²) in [4.78, 5) is 25.7. The van der Waals surface area contributed by atoms with Gasteiger partial charge >= 0.3 is 5.97 Å². The Labute approximate surface area is 165 Å². The number of carbonyl (C=O) groups is 1. The molecule has 28 heavy (non-hydrogen) atoms. The van der Waals surface area contributed by atoms with Crippen molar-refractivity contribution in [3.63, 3.8) is 0 Å². The van der Waals surface area contributed by atoms with E-state index in [9.17, 15) is 10.1 Å². The van der Waals surface area contributed by atoms with Crippen molar-refractivity contribution in [2.24, 2.45) is 5.92 Å². The van der Waals surface area contributed by atoms with Crippen LogP contribution >= 0.6 is 0 Å². The Kier molecular flexibility index (Phi) is 6.42. The summed E-state index contributed by atoms with van der Waals surface area (Å²) in [5, 5.41) is 9.77. The zero-order valence-electron chi connectivity index (χ0n) is 16.8. The average molecular weight is 382 g/mol. The summed E-state index contributed by atoms with van der Waals surface area (Å²) in [7, 11) is 2.16. The van der Waals surface area contributed by atoms with E-state index in [-0.39, 0.29) is 5.92 Å². The number of esters is 1. The molecule has 1 aliphatic rings. The van der Waals surface area contributed by atoms with Crippen molar-refractivity contribution < 1.29 is 14.4 Å². The number of likely N-dealkylation sites (N-methyl/N-ethyl adjacent to an activating group) is 1. The lowest BCUT2D eigenvalue weighted by atomic mass is 10.1. The van der Waals surface area contributed by atoms with E-state index in [4.69, 9.17) is 9.72 Å². The molecular formula is C21H28N5O2+. The first-order chi connectivity index (χ1) is 13.5. The molecule has 1 saturated heterocycles. The maximum Gasteiger partial charge on any atom is 0.329 e. The Morgan fingerprint density at radius 3 is 2.54 bits per heavy atom. The van der Waals surface area contributed by atoms with Gasteiger partial charge < -0.3 is 14.5 Å². The van der Waals surface area contributed by atoms with Gasteiger partial charge in [0.2, 0.25) is 0 Å². The highest BCUT2D eigenvalue weighted by Crippen LogP contribution is 2.28. The van der Waals surface area contributed by atoms with E-state index in [1.165, 1.54) is 4.90 Å². The van der Waals surface area contributed by atoms with Crippen molar-refractivity contribution in [2.45, 2.75) is 26.2 Å². The van der Waals surface area contributed by atoms with E-state index in [0.29, 0.717) is 23.6 Å². The second-order valence-corrected chi connectivity index (χ2v) is 7.57. The molecule has 0 unspecified atom stereocenters. The van der Waals surface area contributed by atoms with E-state index in [0.717, 1.165) is 38.1 Å². The molecule has 1 aromatic carbocycles. The van der Waals surface area contributed by atoms with Crippen LogP contribution in [0.1, 0.15) is 31.9 Å². The topological polar surface area (TPSA) is 83.5 Å². The fraction of sp³-hybridized carbons (Fsp3) is 0.524. The number of nitrogens with one attached hydrogen (secondary N) is 1. The van der Waals surface area contributed by atoms with Crippen molar-refractivity contribution >= 4 is 22.8 Å². The van der Waals surface area contributed by atoms with Crippen molar-refractivity contribution in [1.82, 2.24) is 9.97 Å². The van der Waals surface area contributed by atoms with Gasteiger partial charge in [-0.05, 0) is 18.1 Å². The molecular weight excluding hydrogens is 354 g/mol. The number of ether oxygens (including phenoxy) is 1. The third-order valence-corrected chi connectivity index (χ3v) is 5.34. The third-order valence-electron chi connectivity index (χ3n) is 5.34. The van der Waals surface area contributed by atoms with Gasteiger partial charge in [0.25, 0.3) is 0 Å². The number of quaternary nitrogens is 1. The second kappa shape index (κ2) is 8.98. The van der Waals surface area contributed by atoms with Gasteiger partial charge in [0.1, 0.15) is 5.69 Å². The van der Waals surface area contributed by atoms with Crippen LogP contribution in [0.3, 0.4) is 0 Å².